The van der Waals surface area contributed by atoms with Crippen LogP contribution in [0.5, 0.6) is 0 Å². The molecule has 1 atom stereocenters. The Morgan fingerprint density at radius 2 is 1.86 bits per heavy atom. The molecule has 1 aromatic carbocycles. The predicted octanol–water partition coefficient (Wildman–Crippen LogP) is 3.19. The summed E-state index contributed by atoms with van der Waals surface area (Å²) in [7, 11) is 0. The van der Waals surface area contributed by atoms with Crippen LogP contribution >= 0.6 is 0 Å². The van der Waals surface area contributed by atoms with Crippen molar-refractivity contribution in [2.24, 2.45) is 0 Å². The SMILES string of the molecule is CC(OC(=O)c1cn(-c2ccncc2)cn1)c1ccccc1. The van der Waals surface area contributed by atoms with Gasteiger partial charge in [0.1, 0.15) is 12.4 Å². The van der Waals surface area contributed by atoms with E-state index in [1.807, 2.05) is 49.4 Å². The summed E-state index contributed by atoms with van der Waals surface area (Å²) in [5, 5.41) is 0. The Morgan fingerprint density at radius 3 is 2.59 bits per heavy atom. The fourth-order valence-electron chi connectivity index (χ4n) is 2.10. The van der Waals surface area contributed by atoms with Crippen molar-refractivity contribution in [1.29, 1.82) is 0 Å². The zero-order chi connectivity index (χ0) is 15.4. The minimum absolute atomic E-state index is 0.277. The topological polar surface area (TPSA) is 57.0 Å². The Kier molecular flexibility index (Phi) is 3.96. The summed E-state index contributed by atoms with van der Waals surface area (Å²) in [6.45, 7) is 1.84. The minimum Gasteiger partial charge on any atom is -0.453 e. The molecule has 3 rings (SSSR count). The lowest BCUT2D eigenvalue weighted by Crippen LogP contribution is -2.09. The molecule has 110 valence electrons. The van der Waals surface area contributed by atoms with Gasteiger partial charge >= 0.3 is 5.97 Å². The summed E-state index contributed by atoms with van der Waals surface area (Å²) in [6, 6.07) is 13.3. The number of rotatable bonds is 4. The summed E-state index contributed by atoms with van der Waals surface area (Å²) in [6.07, 6.45) is 6.28. The van der Waals surface area contributed by atoms with Gasteiger partial charge in [-0.2, -0.15) is 0 Å². The lowest BCUT2D eigenvalue weighted by atomic mass is 10.1. The third kappa shape index (κ3) is 3.03. The van der Waals surface area contributed by atoms with Crippen LogP contribution in [0.4, 0.5) is 0 Å². The molecule has 5 nitrogen and oxygen atoms in total. The van der Waals surface area contributed by atoms with Crippen molar-refractivity contribution in [3.8, 4) is 5.69 Å². The van der Waals surface area contributed by atoms with Gasteiger partial charge in [-0.3, -0.25) is 4.98 Å². The largest absolute Gasteiger partial charge is 0.453 e. The van der Waals surface area contributed by atoms with Gasteiger partial charge in [0.05, 0.1) is 0 Å². The number of benzene rings is 1. The molecule has 0 amide bonds. The van der Waals surface area contributed by atoms with Crippen LogP contribution in [-0.4, -0.2) is 20.5 Å². The highest BCUT2D eigenvalue weighted by molar-refractivity contribution is 5.87. The van der Waals surface area contributed by atoms with Crippen LogP contribution in [0.25, 0.3) is 5.69 Å². The highest BCUT2D eigenvalue weighted by atomic mass is 16.5. The molecule has 0 saturated heterocycles. The van der Waals surface area contributed by atoms with E-state index in [9.17, 15) is 4.79 Å². The smallest absolute Gasteiger partial charge is 0.359 e. The Bertz CT molecular complexity index is 754. The van der Waals surface area contributed by atoms with E-state index in [0.29, 0.717) is 0 Å². The number of carbonyl (C=O) groups excluding carboxylic acids is 1. The van der Waals surface area contributed by atoms with Gasteiger partial charge < -0.3 is 9.30 Å². The molecule has 3 aromatic rings. The maximum absolute atomic E-state index is 12.2. The average Bonchev–Trinajstić information content (AvgIpc) is 3.06. The Morgan fingerprint density at radius 1 is 1.14 bits per heavy atom. The first-order valence-electron chi connectivity index (χ1n) is 6.94. The first-order chi connectivity index (χ1) is 10.7. The third-order valence-corrected chi connectivity index (χ3v) is 3.31. The van der Waals surface area contributed by atoms with Gasteiger partial charge in [0, 0.05) is 24.3 Å². The molecule has 5 heteroatoms. The molecule has 0 radical (unpaired) electrons. The number of pyridine rings is 1. The Balaban J connectivity index is 1.72. The summed E-state index contributed by atoms with van der Waals surface area (Å²) >= 11 is 0. The highest BCUT2D eigenvalue weighted by Crippen LogP contribution is 2.18. The first kappa shape index (κ1) is 14.0. The van der Waals surface area contributed by atoms with Crippen LogP contribution in [0.15, 0.2) is 67.4 Å². The highest BCUT2D eigenvalue weighted by Gasteiger charge is 2.16. The van der Waals surface area contributed by atoms with E-state index in [1.165, 1.54) is 0 Å². The van der Waals surface area contributed by atoms with Crippen molar-refractivity contribution in [2.75, 3.05) is 0 Å². The third-order valence-electron chi connectivity index (χ3n) is 3.31. The lowest BCUT2D eigenvalue weighted by molar-refractivity contribution is 0.0331. The van der Waals surface area contributed by atoms with Crippen LogP contribution in [0.3, 0.4) is 0 Å². The van der Waals surface area contributed by atoms with E-state index < -0.39 is 5.97 Å². The van der Waals surface area contributed by atoms with Crippen molar-refractivity contribution in [3.63, 3.8) is 0 Å². The molecule has 2 aromatic heterocycles. The van der Waals surface area contributed by atoms with Crippen LogP contribution in [0.2, 0.25) is 0 Å². The second-order valence-electron chi connectivity index (χ2n) is 4.83. The molecule has 22 heavy (non-hydrogen) atoms. The molecule has 0 bridgehead atoms. The number of ether oxygens (including phenoxy) is 1. The van der Waals surface area contributed by atoms with E-state index in [1.54, 1.807) is 29.5 Å². The second kappa shape index (κ2) is 6.22. The van der Waals surface area contributed by atoms with Crippen molar-refractivity contribution in [1.82, 2.24) is 14.5 Å². The van der Waals surface area contributed by atoms with Gasteiger partial charge in [-0.05, 0) is 24.6 Å². The molecule has 0 aliphatic rings. The summed E-state index contributed by atoms with van der Waals surface area (Å²) in [5.74, 6) is -0.441. The summed E-state index contributed by atoms with van der Waals surface area (Å²) in [4.78, 5) is 20.2. The first-order valence-corrected chi connectivity index (χ1v) is 6.94. The van der Waals surface area contributed by atoms with Gasteiger partial charge in [-0.15, -0.1) is 0 Å². The number of aromatic nitrogens is 3. The number of imidazole rings is 1. The van der Waals surface area contributed by atoms with Gasteiger partial charge in [0.15, 0.2) is 5.69 Å². The lowest BCUT2D eigenvalue weighted by Gasteiger charge is -2.12. The van der Waals surface area contributed by atoms with Gasteiger partial charge in [-0.1, -0.05) is 30.3 Å². The van der Waals surface area contributed by atoms with E-state index in [0.717, 1.165) is 11.3 Å². The van der Waals surface area contributed by atoms with E-state index in [-0.39, 0.29) is 11.8 Å². The van der Waals surface area contributed by atoms with Gasteiger partial charge in [0.2, 0.25) is 0 Å². The van der Waals surface area contributed by atoms with Crippen LogP contribution in [0, 0.1) is 0 Å². The molecule has 0 saturated carbocycles. The molecule has 0 N–H and O–H groups in total. The van der Waals surface area contributed by atoms with Crippen molar-refractivity contribution < 1.29 is 9.53 Å². The monoisotopic (exact) mass is 293 g/mol. The zero-order valence-electron chi connectivity index (χ0n) is 12.1. The number of esters is 1. The normalized spacial score (nSPS) is 11.9. The van der Waals surface area contributed by atoms with Crippen molar-refractivity contribution in [3.05, 3.63) is 78.6 Å². The van der Waals surface area contributed by atoms with E-state index in [4.69, 9.17) is 4.74 Å². The molecular weight excluding hydrogens is 278 g/mol. The number of hydrogen-bond donors (Lipinski definition) is 0. The second-order valence-corrected chi connectivity index (χ2v) is 4.83. The Hall–Kier alpha value is -2.95. The minimum atomic E-state index is -0.441. The van der Waals surface area contributed by atoms with E-state index >= 15 is 0 Å². The molecule has 1 unspecified atom stereocenters. The predicted molar refractivity (Wildman–Crippen MR) is 81.6 cm³/mol. The van der Waals surface area contributed by atoms with Gasteiger partial charge in [-0.25, -0.2) is 9.78 Å². The number of carbonyl (C=O) groups is 1. The summed E-state index contributed by atoms with van der Waals surface area (Å²) in [5.41, 5.74) is 2.11. The maximum atomic E-state index is 12.2. The van der Waals surface area contributed by atoms with Crippen LogP contribution in [0.1, 0.15) is 29.1 Å². The van der Waals surface area contributed by atoms with Crippen LogP contribution < -0.4 is 0 Å². The maximum Gasteiger partial charge on any atom is 0.359 e. The molecular formula is C17H15N3O2. The standard InChI is InChI=1S/C17H15N3O2/c1-13(14-5-3-2-4-6-14)22-17(21)16-11-20(12-19-16)15-7-9-18-10-8-15/h2-13H,1H3. The Labute approximate surface area is 128 Å². The average molecular weight is 293 g/mol. The number of nitrogens with zero attached hydrogens (tertiary/aromatic N) is 3. The van der Waals surface area contributed by atoms with Crippen molar-refractivity contribution >= 4 is 5.97 Å². The van der Waals surface area contributed by atoms with Gasteiger partial charge in [0.25, 0.3) is 0 Å². The summed E-state index contributed by atoms with van der Waals surface area (Å²) < 4.78 is 7.20. The quantitative estimate of drug-likeness (QED) is 0.693. The van der Waals surface area contributed by atoms with Crippen LogP contribution in [-0.2, 0) is 4.74 Å². The molecule has 2 heterocycles. The zero-order valence-corrected chi connectivity index (χ0v) is 12.1. The van der Waals surface area contributed by atoms with E-state index in [2.05, 4.69) is 9.97 Å². The molecule has 0 spiro atoms. The fraction of sp³-hybridized carbons (Fsp3) is 0.118. The number of hydrogen-bond acceptors (Lipinski definition) is 4. The van der Waals surface area contributed by atoms with Crippen molar-refractivity contribution in [2.45, 2.75) is 13.0 Å². The molecule has 0 aliphatic heterocycles. The fourth-order valence-corrected chi connectivity index (χ4v) is 2.10. The molecule has 0 fully saturated rings. The molecule has 0 aliphatic carbocycles.